The third kappa shape index (κ3) is 3.38. The first-order valence-electron chi connectivity index (χ1n) is 9.69. The molecular weight excluding hydrogens is 378 g/mol. The Kier molecular flexibility index (Phi) is 4.74. The van der Waals surface area contributed by atoms with Gasteiger partial charge < -0.3 is 9.64 Å². The van der Waals surface area contributed by atoms with Crippen LogP contribution in [0.2, 0.25) is 0 Å². The van der Waals surface area contributed by atoms with Crippen molar-refractivity contribution in [1.29, 1.82) is 0 Å². The van der Waals surface area contributed by atoms with E-state index < -0.39 is 0 Å². The number of hydrogen-bond donors (Lipinski definition) is 0. The second-order valence-electron chi connectivity index (χ2n) is 7.05. The maximum absolute atomic E-state index is 5.30. The number of ether oxygens (including phenoxy) is 1. The van der Waals surface area contributed by atoms with E-state index in [4.69, 9.17) is 4.74 Å². The summed E-state index contributed by atoms with van der Waals surface area (Å²) in [6.45, 7) is 1.80. The molecule has 0 spiro atoms. The number of anilines is 1. The fourth-order valence-corrected chi connectivity index (χ4v) is 4.77. The highest BCUT2D eigenvalue weighted by molar-refractivity contribution is 7.17. The number of fused-ring (bicyclic) bond motifs is 1. The lowest BCUT2D eigenvalue weighted by atomic mass is 9.99. The molecule has 3 heterocycles. The van der Waals surface area contributed by atoms with Gasteiger partial charge in [-0.25, -0.2) is 9.97 Å². The van der Waals surface area contributed by atoms with Crippen molar-refractivity contribution in [2.45, 2.75) is 6.42 Å². The molecule has 0 aliphatic carbocycles. The van der Waals surface area contributed by atoms with Crippen LogP contribution in [0.3, 0.4) is 0 Å². The van der Waals surface area contributed by atoms with Crippen molar-refractivity contribution in [3.63, 3.8) is 0 Å². The van der Waals surface area contributed by atoms with E-state index in [1.807, 2.05) is 12.1 Å². The van der Waals surface area contributed by atoms with Crippen molar-refractivity contribution < 1.29 is 4.74 Å². The smallest absolute Gasteiger partial charge is 0.141 e. The van der Waals surface area contributed by atoms with Gasteiger partial charge in [0.2, 0.25) is 0 Å². The number of rotatable bonds is 4. The molecule has 0 fully saturated rings. The quantitative estimate of drug-likeness (QED) is 0.444. The fraction of sp³-hybridized carbons (Fsp3) is 0.167. The van der Waals surface area contributed by atoms with Crippen molar-refractivity contribution in [2.75, 3.05) is 25.1 Å². The van der Waals surface area contributed by atoms with Crippen LogP contribution in [0.4, 0.5) is 5.82 Å². The van der Waals surface area contributed by atoms with Gasteiger partial charge in [0.15, 0.2) is 0 Å². The Hall–Kier alpha value is -3.18. The molecular formula is C24H21N3OS. The third-order valence-corrected chi connectivity index (χ3v) is 6.29. The van der Waals surface area contributed by atoms with Gasteiger partial charge >= 0.3 is 0 Å². The summed E-state index contributed by atoms with van der Waals surface area (Å²) in [6.07, 6.45) is 5.02. The van der Waals surface area contributed by atoms with E-state index in [0.29, 0.717) is 0 Å². The molecule has 1 aliphatic rings. The Bertz CT molecular complexity index is 1170. The number of methoxy groups -OCH3 is 1. The first kappa shape index (κ1) is 17.9. The van der Waals surface area contributed by atoms with Gasteiger partial charge in [0.1, 0.15) is 22.7 Å². The fourth-order valence-electron chi connectivity index (χ4n) is 3.86. The minimum atomic E-state index is 0.855. The van der Waals surface area contributed by atoms with Crippen molar-refractivity contribution in [1.82, 2.24) is 9.97 Å². The Labute approximate surface area is 174 Å². The summed E-state index contributed by atoms with van der Waals surface area (Å²) in [7, 11) is 1.69. The highest BCUT2D eigenvalue weighted by Crippen LogP contribution is 2.39. The topological polar surface area (TPSA) is 38.3 Å². The van der Waals surface area contributed by atoms with Gasteiger partial charge in [-0.3, -0.25) is 0 Å². The molecule has 29 heavy (non-hydrogen) atoms. The Morgan fingerprint density at radius 3 is 2.52 bits per heavy atom. The van der Waals surface area contributed by atoms with E-state index in [-0.39, 0.29) is 0 Å². The van der Waals surface area contributed by atoms with Crippen LogP contribution < -0.4 is 9.64 Å². The molecule has 0 bridgehead atoms. The van der Waals surface area contributed by atoms with Crippen LogP contribution in [-0.2, 0) is 0 Å². The second-order valence-corrected chi connectivity index (χ2v) is 7.90. The second kappa shape index (κ2) is 7.68. The van der Waals surface area contributed by atoms with Gasteiger partial charge in [-0.15, -0.1) is 11.3 Å². The largest absolute Gasteiger partial charge is 0.497 e. The molecule has 0 amide bonds. The minimum Gasteiger partial charge on any atom is -0.497 e. The molecule has 5 rings (SSSR count). The number of nitrogens with zero attached hydrogens (tertiary/aromatic N) is 3. The molecule has 2 aromatic heterocycles. The normalized spacial score (nSPS) is 14.1. The summed E-state index contributed by atoms with van der Waals surface area (Å²) < 4.78 is 5.30. The lowest BCUT2D eigenvalue weighted by molar-refractivity contribution is 0.415. The van der Waals surface area contributed by atoms with Gasteiger partial charge in [0.05, 0.1) is 12.5 Å². The Balaban J connectivity index is 1.51. The molecule has 4 aromatic rings. The van der Waals surface area contributed by atoms with E-state index in [2.05, 4.69) is 68.8 Å². The predicted molar refractivity (Wildman–Crippen MR) is 121 cm³/mol. The minimum absolute atomic E-state index is 0.855. The van der Waals surface area contributed by atoms with Gasteiger partial charge in [0.25, 0.3) is 0 Å². The Morgan fingerprint density at radius 1 is 0.966 bits per heavy atom. The predicted octanol–water partition coefficient (Wildman–Crippen LogP) is 5.66. The van der Waals surface area contributed by atoms with Crippen LogP contribution in [0.15, 0.2) is 72.4 Å². The third-order valence-electron chi connectivity index (χ3n) is 5.40. The zero-order chi connectivity index (χ0) is 19.6. The maximum atomic E-state index is 5.30. The van der Waals surface area contributed by atoms with Crippen molar-refractivity contribution >= 4 is 32.9 Å². The van der Waals surface area contributed by atoms with Crippen LogP contribution in [-0.4, -0.2) is 30.2 Å². The van der Waals surface area contributed by atoms with Crippen molar-refractivity contribution in [2.24, 2.45) is 0 Å². The van der Waals surface area contributed by atoms with Crippen molar-refractivity contribution in [3.8, 4) is 16.9 Å². The highest BCUT2D eigenvalue weighted by atomic mass is 32.1. The van der Waals surface area contributed by atoms with Crippen LogP contribution in [0.5, 0.6) is 5.75 Å². The molecule has 4 nitrogen and oxygen atoms in total. The number of aromatic nitrogens is 2. The molecule has 1 aliphatic heterocycles. The zero-order valence-electron chi connectivity index (χ0n) is 16.2. The van der Waals surface area contributed by atoms with Crippen LogP contribution in [0.1, 0.15) is 12.0 Å². The van der Waals surface area contributed by atoms with Crippen molar-refractivity contribution in [3.05, 3.63) is 77.9 Å². The van der Waals surface area contributed by atoms with Crippen LogP contribution in [0, 0.1) is 0 Å². The molecule has 0 unspecified atom stereocenters. The summed E-state index contributed by atoms with van der Waals surface area (Å²) in [5.41, 5.74) is 5.06. The van der Waals surface area contributed by atoms with Crippen LogP contribution in [0.25, 0.3) is 26.9 Å². The summed E-state index contributed by atoms with van der Waals surface area (Å²) in [5, 5.41) is 3.32. The van der Waals surface area contributed by atoms with Crippen LogP contribution >= 0.6 is 11.3 Å². The average molecular weight is 400 g/mol. The molecule has 144 valence electrons. The molecule has 5 heteroatoms. The summed E-state index contributed by atoms with van der Waals surface area (Å²) in [6, 6.07) is 18.8. The zero-order valence-corrected chi connectivity index (χ0v) is 17.0. The number of thiophene rings is 1. The first-order valence-corrected chi connectivity index (χ1v) is 10.6. The van der Waals surface area contributed by atoms with E-state index >= 15 is 0 Å². The van der Waals surface area contributed by atoms with Gasteiger partial charge in [-0.1, -0.05) is 48.5 Å². The lowest BCUT2D eigenvalue weighted by Gasteiger charge is -2.28. The first-order chi connectivity index (χ1) is 14.3. The lowest BCUT2D eigenvalue weighted by Crippen LogP contribution is -2.29. The van der Waals surface area contributed by atoms with Gasteiger partial charge in [-0.05, 0) is 35.3 Å². The SMILES string of the molecule is COc1ccc(-c2csc3ncnc(N4CC=C(c5ccccc5)CC4)c23)cc1. The molecule has 0 saturated heterocycles. The molecule has 0 radical (unpaired) electrons. The number of benzene rings is 2. The summed E-state index contributed by atoms with van der Waals surface area (Å²) in [4.78, 5) is 12.6. The van der Waals surface area contributed by atoms with E-state index in [0.717, 1.165) is 46.9 Å². The number of hydrogen-bond acceptors (Lipinski definition) is 5. The Morgan fingerprint density at radius 2 is 1.79 bits per heavy atom. The standard InChI is InChI=1S/C24H21N3OS/c1-28-20-9-7-19(8-10-20)21-15-29-24-22(21)23(25-16-26-24)27-13-11-18(12-14-27)17-5-3-2-4-6-17/h2-11,15-16H,12-14H2,1H3. The monoisotopic (exact) mass is 399 g/mol. The molecule has 0 N–H and O–H groups in total. The summed E-state index contributed by atoms with van der Waals surface area (Å²) >= 11 is 1.67. The van der Waals surface area contributed by atoms with E-state index in [9.17, 15) is 0 Å². The summed E-state index contributed by atoms with van der Waals surface area (Å²) in [5.74, 6) is 1.88. The molecule has 0 saturated carbocycles. The molecule has 0 atom stereocenters. The van der Waals surface area contributed by atoms with Gasteiger partial charge in [0, 0.05) is 24.0 Å². The molecule has 2 aromatic carbocycles. The van der Waals surface area contributed by atoms with E-state index in [1.54, 1.807) is 24.8 Å². The average Bonchev–Trinajstić information content (AvgIpc) is 3.24. The van der Waals surface area contributed by atoms with Gasteiger partial charge in [-0.2, -0.15) is 0 Å². The highest BCUT2D eigenvalue weighted by Gasteiger charge is 2.20. The van der Waals surface area contributed by atoms with E-state index in [1.165, 1.54) is 16.7 Å². The maximum Gasteiger partial charge on any atom is 0.141 e.